The van der Waals surface area contributed by atoms with Crippen LogP contribution in [0.4, 0.5) is 0 Å². The normalized spacial score (nSPS) is 9.88. The predicted octanol–water partition coefficient (Wildman–Crippen LogP) is 1.87. The molecule has 1 rings (SSSR count). The van der Waals surface area contributed by atoms with Crippen LogP contribution in [0, 0.1) is 0 Å². The molecule has 0 spiro atoms. The quantitative estimate of drug-likeness (QED) is 0.691. The van der Waals surface area contributed by atoms with Gasteiger partial charge in [-0.05, 0) is 26.0 Å². The molecule has 0 unspecified atom stereocenters. The van der Waals surface area contributed by atoms with E-state index in [1.54, 1.807) is 0 Å². The molecular weight excluding hydrogens is 206 g/mol. The highest BCUT2D eigenvalue weighted by Gasteiger charge is 2.12. The highest BCUT2D eigenvalue weighted by atomic mass is 16.7. The third-order valence-corrected chi connectivity index (χ3v) is 1.96. The second-order valence-corrected chi connectivity index (χ2v) is 3.11. The van der Waals surface area contributed by atoms with Gasteiger partial charge in [0, 0.05) is 6.54 Å². The van der Waals surface area contributed by atoms with Crippen LogP contribution in [0.3, 0.4) is 0 Å². The zero-order chi connectivity index (χ0) is 11.8. The summed E-state index contributed by atoms with van der Waals surface area (Å²) in [4.78, 5) is 16.8. The maximum atomic E-state index is 11.6. The van der Waals surface area contributed by atoms with Gasteiger partial charge >= 0.3 is 0 Å². The molecule has 0 fully saturated rings. The Balaban J connectivity index is 2.40. The minimum Gasteiger partial charge on any atom is -0.484 e. The number of hydrogen-bond donors (Lipinski definition) is 0. The van der Waals surface area contributed by atoms with Gasteiger partial charge in [0.15, 0.2) is 6.61 Å². The Hall–Kier alpha value is -1.55. The number of ether oxygens (including phenoxy) is 1. The SMILES string of the molecule is CCON(CC)C(=O)COc1ccccc1. The topological polar surface area (TPSA) is 38.8 Å². The second kappa shape index (κ2) is 6.85. The predicted molar refractivity (Wildman–Crippen MR) is 61.0 cm³/mol. The lowest BCUT2D eigenvalue weighted by Gasteiger charge is -2.19. The highest BCUT2D eigenvalue weighted by molar-refractivity contribution is 5.76. The summed E-state index contributed by atoms with van der Waals surface area (Å²) in [6.07, 6.45) is 0. The van der Waals surface area contributed by atoms with Crippen LogP contribution in [0.2, 0.25) is 0 Å². The first-order valence-corrected chi connectivity index (χ1v) is 5.39. The first-order chi connectivity index (χ1) is 7.77. The van der Waals surface area contributed by atoms with Crippen LogP contribution in [0.15, 0.2) is 30.3 Å². The van der Waals surface area contributed by atoms with E-state index < -0.39 is 0 Å². The van der Waals surface area contributed by atoms with Crippen LogP contribution in [0.25, 0.3) is 0 Å². The van der Waals surface area contributed by atoms with Gasteiger partial charge in [0.25, 0.3) is 5.91 Å². The second-order valence-electron chi connectivity index (χ2n) is 3.11. The summed E-state index contributed by atoms with van der Waals surface area (Å²) in [5, 5.41) is 1.31. The molecule has 0 heterocycles. The van der Waals surface area contributed by atoms with E-state index in [4.69, 9.17) is 9.57 Å². The largest absolute Gasteiger partial charge is 0.484 e. The Morgan fingerprint density at radius 3 is 2.50 bits per heavy atom. The van der Waals surface area contributed by atoms with Gasteiger partial charge in [0.05, 0.1) is 6.61 Å². The molecule has 0 aliphatic heterocycles. The average molecular weight is 223 g/mol. The average Bonchev–Trinajstić information content (AvgIpc) is 2.34. The van der Waals surface area contributed by atoms with Crippen molar-refractivity contribution < 1.29 is 14.4 Å². The monoisotopic (exact) mass is 223 g/mol. The highest BCUT2D eigenvalue weighted by Crippen LogP contribution is 2.08. The van der Waals surface area contributed by atoms with Crippen molar-refractivity contribution in [2.45, 2.75) is 13.8 Å². The minimum atomic E-state index is -0.173. The van der Waals surface area contributed by atoms with Crippen molar-refractivity contribution in [3.63, 3.8) is 0 Å². The van der Waals surface area contributed by atoms with E-state index in [1.807, 2.05) is 44.2 Å². The lowest BCUT2D eigenvalue weighted by Crippen LogP contribution is -2.34. The van der Waals surface area contributed by atoms with Crippen LogP contribution in [0.5, 0.6) is 5.75 Å². The maximum Gasteiger partial charge on any atom is 0.283 e. The fourth-order valence-electron chi connectivity index (χ4n) is 1.23. The first-order valence-electron chi connectivity index (χ1n) is 5.39. The molecule has 1 aromatic rings. The molecule has 0 radical (unpaired) electrons. The third kappa shape index (κ3) is 3.90. The molecule has 1 amide bonds. The molecule has 0 aromatic heterocycles. The van der Waals surface area contributed by atoms with Crippen molar-refractivity contribution in [1.29, 1.82) is 0 Å². The first kappa shape index (κ1) is 12.5. The van der Waals surface area contributed by atoms with Crippen molar-refractivity contribution >= 4 is 5.91 Å². The van der Waals surface area contributed by atoms with E-state index in [0.717, 1.165) is 0 Å². The Morgan fingerprint density at radius 2 is 1.94 bits per heavy atom. The van der Waals surface area contributed by atoms with Gasteiger partial charge in [-0.3, -0.25) is 9.63 Å². The minimum absolute atomic E-state index is 0.00213. The summed E-state index contributed by atoms with van der Waals surface area (Å²) >= 11 is 0. The molecule has 0 saturated heterocycles. The lowest BCUT2D eigenvalue weighted by atomic mass is 10.3. The van der Waals surface area contributed by atoms with Gasteiger partial charge in [0.2, 0.25) is 0 Å². The molecule has 1 aromatic carbocycles. The molecular formula is C12H17NO3. The number of nitrogens with zero attached hydrogens (tertiary/aromatic N) is 1. The Bertz CT molecular complexity index is 313. The summed E-state index contributed by atoms with van der Waals surface area (Å²) in [7, 11) is 0. The van der Waals surface area contributed by atoms with Crippen LogP contribution in [-0.4, -0.2) is 30.7 Å². The summed E-state index contributed by atoms with van der Waals surface area (Å²) in [6, 6.07) is 9.24. The number of para-hydroxylation sites is 1. The molecule has 16 heavy (non-hydrogen) atoms. The molecule has 0 saturated carbocycles. The number of likely N-dealkylation sites (N-methyl/N-ethyl adjacent to an activating group) is 1. The van der Waals surface area contributed by atoms with Crippen LogP contribution in [-0.2, 0) is 9.63 Å². The zero-order valence-corrected chi connectivity index (χ0v) is 9.68. The number of carbonyl (C=O) groups excluding carboxylic acids is 1. The molecule has 0 atom stereocenters. The molecule has 0 aliphatic rings. The summed E-state index contributed by atoms with van der Waals surface area (Å²) < 4.78 is 5.33. The Kier molecular flexibility index (Phi) is 5.36. The molecule has 4 nitrogen and oxygen atoms in total. The van der Waals surface area contributed by atoms with Gasteiger partial charge in [-0.15, -0.1) is 0 Å². The van der Waals surface area contributed by atoms with Crippen LogP contribution < -0.4 is 4.74 Å². The molecule has 88 valence electrons. The van der Waals surface area contributed by atoms with E-state index >= 15 is 0 Å². The van der Waals surface area contributed by atoms with Crippen LogP contribution >= 0.6 is 0 Å². The van der Waals surface area contributed by atoms with E-state index in [2.05, 4.69) is 0 Å². The standard InChI is InChI=1S/C12H17NO3/c1-3-13(16-4-2)12(14)10-15-11-8-6-5-7-9-11/h5-9H,3-4,10H2,1-2H3. The number of benzene rings is 1. The summed E-state index contributed by atoms with van der Waals surface area (Å²) in [5.74, 6) is 0.511. The fourth-order valence-corrected chi connectivity index (χ4v) is 1.23. The maximum absolute atomic E-state index is 11.6. The van der Waals surface area contributed by atoms with Crippen molar-refractivity contribution in [2.24, 2.45) is 0 Å². The number of rotatable bonds is 6. The molecule has 0 bridgehead atoms. The summed E-state index contributed by atoms with van der Waals surface area (Å²) in [5.41, 5.74) is 0. The van der Waals surface area contributed by atoms with Gasteiger partial charge in [-0.25, -0.2) is 5.06 Å². The third-order valence-electron chi connectivity index (χ3n) is 1.96. The van der Waals surface area contributed by atoms with Gasteiger partial charge in [-0.1, -0.05) is 18.2 Å². The zero-order valence-electron chi connectivity index (χ0n) is 9.68. The van der Waals surface area contributed by atoms with Gasteiger partial charge < -0.3 is 4.74 Å². The molecule has 0 aliphatic carbocycles. The number of hydrogen-bond acceptors (Lipinski definition) is 3. The van der Waals surface area contributed by atoms with Crippen molar-refractivity contribution in [3.8, 4) is 5.75 Å². The van der Waals surface area contributed by atoms with E-state index in [9.17, 15) is 4.79 Å². The van der Waals surface area contributed by atoms with Crippen LogP contribution in [0.1, 0.15) is 13.8 Å². The smallest absolute Gasteiger partial charge is 0.283 e. The number of carbonyl (C=O) groups is 1. The number of amides is 1. The Labute approximate surface area is 95.7 Å². The molecule has 4 heteroatoms. The van der Waals surface area contributed by atoms with Crippen molar-refractivity contribution in [3.05, 3.63) is 30.3 Å². The summed E-state index contributed by atoms with van der Waals surface area (Å²) in [6.45, 7) is 4.69. The molecule has 0 N–H and O–H groups in total. The fraction of sp³-hybridized carbons (Fsp3) is 0.417. The van der Waals surface area contributed by atoms with Crippen molar-refractivity contribution in [2.75, 3.05) is 19.8 Å². The van der Waals surface area contributed by atoms with Crippen molar-refractivity contribution in [1.82, 2.24) is 5.06 Å². The van der Waals surface area contributed by atoms with Gasteiger partial charge in [-0.2, -0.15) is 0 Å². The van der Waals surface area contributed by atoms with E-state index in [-0.39, 0.29) is 12.5 Å². The van der Waals surface area contributed by atoms with E-state index in [1.165, 1.54) is 5.06 Å². The lowest BCUT2D eigenvalue weighted by molar-refractivity contribution is -0.185. The number of hydroxylamine groups is 2. The Morgan fingerprint density at radius 1 is 1.25 bits per heavy atom. The van der Waals surface area contributed by atoms with E-state index in [0.29, 0.717) is 18.9 Å². The van der Waals surface area contributed by atoms with Gasteiger partial charge in [0.1, 0.15) is 5.75 Å².